The maximum absolute atomic E-state index is 11.5. The Kier molecular flexibility index (Phi) is 4.19. The summed E-state index contributed by atoms with van der Waals surface area (Å²) in [5.74, 6) is 0.418. The molecule has 0 radical (unpaired) electrons. The van der Waals surface area contributed by atoms with Gasteiger partial charge in [-0.1, -0.05) is 11.6 Å². The number of primary sulfonamides is 1. The van der Waals surface area contributed by atoms with Crippen molar-refractivity contribution >= 4 is 37.6 Å². The predicted molar refractivity (Wildman–Crippen MR) is 79.9 cm³/mol. The number of sulfonamides is 1. The molecule has 0 amide bonds. The van der Waals surface area contributed by atoms with E-state index in [1.807, 2.05) is 13.8 Å². The summed E-state index contributed by atoms with van der Waals surface area (Å²) in [6, 6.07) is 5.01. The molecule has 0 fully saturated rings. The number of benzene rings is 1. The third-order valence-electron chi connectivity index (χ3n) is 2.61. The Hall–Kier alpha value is -0.960. The highest BCUT2D eigenvalue weighted by molar-refractivity contribution is 9.10. The lowest BCUT2D eigenvalue weighted by atomic mass is 10.2. The van der Waals surface area contributed by atoms with Crippen LogP contribution in [-0.2, 0) is 10.0 Å². The van der Waals surface area contributed by atoms with Crippen LogP contribution in [0.3, 0.4) is 0 Å². The number of hydrogen-bond acceptors (Lipinski definition) is 4. The molecule has 0 spiro atoms. The van der Waals surface area contributed by atoms with E-state index in [-0.39, 0.29) is 11.2 Å². The largest absolute Gasteiger partial charge is 0.294 e. The van der Waals surface area contributed by atoms with Crippen LogP contribution in [0.15, 0.2) is 27.8 Å². The van der Waals surface area contributed by atoms with Gasteiger partial charge in [-0.3, -0.25) is 4.57 Å². The molecule has 1 aromatic carbocycles. The maximum Gasteiger partial charge on any atom is 0.273 e. The average molecular weight is 380 g/mol. The van der Waals surface area contributed by atoms with Crippen LogP contribution >= 0.6 is 27.5 Å². The number of nitrogens with zero attached hydrogens (tertiary/aromatic N) is 3. The number of halogens is 2. The van der Waals surface area contributed by atoms with Crippen LogP contribution in [0.4, 0.5) is 0 Å². The van der Waals surface area contributed by atoms with Crippen molar-refractivity contribution in [3.05, 3.63) is 27.7 Å². The van der Waals surface area contributed by atoms with Gasteiger partial charge in [-0.25, -0.2) is 13.6 Å². The third-order valence-corrected chi connectivity index (χ3v) is 4.61. The molecule has 20 heavy (non-hydrogen) atoms. The maximum atomic E-state index is 11.5. The molecule has 9 heteroatoms. The molecule has 0 atom stereocenters. The van der Waals surface area contributed by atoms with E-state index in [2.05, 4.69) is 26.1 Å². The highest BCUT2D eigenvalue weighted by atomic mass is 79.9. The normalized spacial score (nSPS) is 12.1. The van der Waals surface area contributed by atoms with Crippen molar-refractivity contribution < 1.29 is 8.42 Å². The first-order valence-corrected chi connectivity index (χ1v) is 8.36. The Labute approximate surface area is 130 Å². The van der Waals surface area contributed by atoms with E-state index >= 15 is 0 Å². The second-order valence-electron chi connectivity index (χ2n) is 4.44. The highest BCUT2D eigenvalue weighted by Crippen LogP contribution is 2.30. The summed E-state index contributed by atoms with van der Waals surface area (Å²) in [6.45, 7) is 3.65. The third kappa shape index (κ3) is 2.88. The monoisotopic (exact) mass is 378 g/mol. The van der Waals surface area contributed by atoms with Crippen molar-refractivity contribution in [1.29, 1.82) is 0 Å². The Morgan fingerprint density at radius 3 is 2.50 bits per heavy atom. The van der Waals surface area contributed by atoms with E-state index in [1.54, 1.807) is 18.2 Å². The number of hydrogen-bond donors (Lipinski definition) is 1. The Morgan fingerprint density at radius 1 is 1.35 bits per heavy atom. The lowest BCUT2D eigenvalue weighted by molar-refractivity contribution is 0.524. The quantitative estimate of drug-likeness (QED) is 0.887. The first kappa shape index (κ1) is 15.4. The van der Waals surface area contributed by atoms with Crippen molar-refractivity contribution in [2.75, 3.05) is 0 Å². The van der Waals surface area contributed by atoms with Gasteiger partial charge in [0.05, 0.1) is 5.02 Å². The molecule has 0 aliphatic rings. The Morgan fingerprint density at radius 2 is 2.00 bits per heavy atom. The topological polar surface area (TPSA) is 90.9 Å². The molecule has 1 aromatic heterocycles. The van der Waals surface area contributed by atoms with Gasteiger partial charge in [-0.15, -0.1) is 10.2 Å². The van der Waals surface area contributed by atoms with Gasteiger partial charge >= 0.3 is 0 Å². The van der Waals surface area contributed by atoms with Crippen molar-refractivity contribution in [2.45, 2.75) is 25.0 Å². The molecule has 0 aliphatic heterocycles. The Balaban J connectivity index is 2.69. The van der Waals surface area contributed by atoms with Crippen LogP contribution in [-0.4, -0.2) is 23.2 Å². The first-order valence-electron chi connectivity index (χ1n) is 5.65. The van der Waals surface area contributed by atoms with Gasteiger partial charge in [0.2, 0.25) is 0 Å². The molecule has 2 rings (SSSR count). The van der Waals surface area contributed by atoms with Gasteiger partial charge in [0.15, 0.2) is 5.82 Å². The van der Waals surface area contributed by atoms with Crippen LogP contribution in [0.25, 0.3) is 11.4 Å². The van der Waals surface area contributed by atoms with Gasteiger partial charge < -0.3 is 0 Å². The van der Waals surface area contributed by atoms with Crippen LogP contribution in [0.2, 0.25) is 5.02 Å². The molecule has 0 aliphatic carbocycles. The predicted octanol–water partition coefficient (Wildman–Crippen LogP) is 2.59. The number of rotatable bonds is 3. The van der Waals surface area contributed by atoms with E-state index in [9.17, 15) is 8.42 Å². The molecule has 2 N–H and O–H groups in total. The van der Waals surface area contributed by atoms with Gasteiger partial charge in [0.1, 0.15) is 0 Å². The fourth-order valence-corrected chi connectivity index (χ4v) is 2.99. The van der Waals surface area contributed by atoms with Crippen LogP contribution < -0.4 is 5.14 Å². The van der Waals surface area contributed by atoms with Gasteiger partial charge in [0.25, 0.3) is 15.2 Å². The minimum atomic E-state index is -3.93. The molecule has 0 bridgehead atoms. The zero-order chi connectivity index (χ0) is 15.1. The summed E-state index contributed by atoms with van der Waals surface area (Å²) in [5, 5.41) is 13.1. The van der Waals surface area contributed by atoms with E-state index in [0.29, 0.717) is 20.9 Å². The molecule has 108 valence electrons. The minimum absolute atomic E-state index is 0.164. The molecule has 0 saturated heterocycles. The van der Waals surface area contributed by atoms with Gasteiger partial charge in [-0.05, 0) is 48.0 Å². The molecule has 2 aromatic rings. The van der Waals surface area contributed by atoms with E-state index in [0.717, 1.165) is 0 Å². The lowest BCUT2D eigenvalue weighted by Crippen LogP contribution is -2.20. The SMILES string of the molecule is CC(C)n1c(-c2ccc(Cl)c(Br)c2)nnc1S(N)(=O)=O. The van der Waals surface area contributed by atoms with Gasteiger partial charge in [-0.2, -0.15) is 0 Å². The second-order valence-corrected chi connectivity index (χ2v) is 7.16. The van der Waals surface area contributed by atoms with E-state index < -0.39 is 10.0 Å². The van der Waals surface area contributed by atoms with E-state index in [4.69, 9.17) is 16.7 Å². The standard InChI is InChI=1S/C11H12BrClN4O2S/c1-6(2)17-10(15-16-11(17)20(14,18)19)7-3-4-9(13)8(12)5-7/h3-6H,1-2H3,(H2,14,18,19). The zero-order valence-electron chi connectivity index (χ0n) is 10.7. The Bertz CT molecular complexity index is 758. The summed E-state index contributed by atoms with van der Waals surface area (Å²) in [4.78, 5) is 0. The molecule has 6 nitrogen and oxygen atoms in total. The molecule has 0 unspecified atom stereocenters. The fourth-order valence-electron chi connectivity index (χ4n) is 1.77. The van der Waals surface area contributed by atoms with Crippen molar-refractivity contribution in [1.82, 2.24) is 14.8 Å². The molecule has 0 saturated carbocycles. The van der Waals surface area contributed by atoms with Gasteiger partial charge in [0, 0.05) is 16.1 Å². The zero-order valence-corrected chi connectivity index (χ0v) is 13.9. The first-order chi connectivity index (χ1) is 9.21. The second kappa shape index (κ2) is 5.44. The minimum Gasteiger partial charge on any atom is -0.294 e. The average Bonchev–Trinajstić information content (AvgIpc) is 2.77. The summed E-state index contributed by atoms with van der Waals surface area (Å²) in [6.07, 6.45) is 0. The van der Waals surface area contributed by atoms with Crippen molar-refractivity contribution in [3.8, 4) is 11.4 Å². The fraction of sp³-hybridized carbons (Fsp3) is 0.273. The molecular formula is C11H12BrClN4O2S. The van der Waals surface area contributed by atoms with Crippen LogP contribution in [0.1, 0.15) is 19.9 Å². The lowest BCUT2D eigenvalue weighted by Gasteiger charge is -2.13. The number of aromatic nitrogens is 3. The van der Waals surface area contributed by atoms with Crippen molar-refractivity contribution in [2.24, 2.45) is 5.14 Å². The highest BCUT2D eigenvalue weighted by Gasteiger charge is 2.23. The molecular weight excluding hydrogens is 368 g/mol. The molecule has 1 heterocycles. The smallest absolute Gasteiger partial charge is 0.273 e. The van der Waals surface area contributed by atoms with Crippen molar-refractivity contribution in [3.63, 3.8) is 0 Å². The van der Waals surface area contributed by atoms with Crippen LogP contribution in [0.5, 0.6) is 0 Å². The summed E-state index contributed by atoms with van der Waals surface area (Å²) >= 11 is 9.26. The van der Waals surface area contributed by atoms with Crippen LogP contribution in [0, 0.1) is 0 Å². The summed E-state index contributed by atoms with van der Waals surface area (Å²) in [5.41, 5.74) is 0.692. The summed E-state index contributed by atoms with van der Waals surface area (Å²) in [7, 11) is -3.93. The summed E-state index contributed by atoms with van der Waals surface area (Å²) < 4.78 is 25.3. The number of nitrogens with two attached hydrogens (primary N) is 1. The van der Waals surface area contributed by atoms with E-state index in [1.165, 1.54) is 4.57 Å².